The maximum absolute atomic E-state index is 12.3. The van der Waals surface area contributed by atoms with Crippen molar-refractivity contribution in [2.45, 2.75) is 19.0 Å². The second-order valence-corrected chi connectivity index (χ2v) is 3.46. The van der Waals surface area contributed by atoms with Gasteiger partial charge >= 0.3 is 6.18 Å². The van der Waals surface area contributed by atoms with Crippen LogP contribution in [0.15, 0.2) is 18.2 Å². The van der Waals surface area contributed by atoms with Crippen molar-refractivity contribution in [3.63, 3.8) is 0 Å². The van der Waals surface area contributed by atoms with Gasteiger partial charge in [0.25, 0.3) is 0 Å². The molecule has 4 heteroatoms. The van der Waals surface area contributed by atoms with Crippen LogP contribution in [0.25, 0.3) is 0 Å². The van der Waals surface area contributed by atoms with Crippen LogP contribution in [-0.4, -0.2) is 6.61 Å². The number of hydrogen-bond donors (Lipinski definition) is 0. The molecule has 0 aliphatic carbocycles. The summed E-state index contributed by atoms with van der Waals surface area (Å²) in [7, 11) is 0. The first-order valence-corrected chi connectivity index (χ1v) is 4.32. The summed E-state index contributed by atoms with van der Waals surface area (Å²) in [5.74, 6) is 0.555. The largest absolute Gasteiger partial charge is 0.493 e. The van der Waals surface area contributed by atoms with Crippen LogP contribution in [0.2, 0.25) is 0 Å². The third-order valence-electron chi connectivity index (χ3n) is 2.36. The van der Waals surface area contributed by atoms with E-state index in [9.17, 15) is 13.2 Å². The lowest BCUT2D eigenvalue weighted by atomic mass is 10.0. The molecule has 0 N–H and O–H groups in total. The fourth-order valence-corrected chi connectivity index (χ4v) is 1.55. The van der Waals surface area contributed by atoms with Crippen LogP contribution < -0.4 is 4.74 Å². The Hall–Kier alpha value is -1.19. The first kappa shape index (κ1) is 9.37. The van der Waals surface area contributed by atoms with Gasteiger partial charge in [0.2, 0.25) is 0 Å². The van der Waals surface area contributed by atoms with E-state index in [1.807, 2.05) is 6.92 Å². The van der Waals surface area contributed by atoms with Gasteiger partial charge in [-0.25, -0.2) is 0 Å². The number of rotatable bonds is 0. The van der Waals surface area contributed by atoms with Gasteiger partial charge in [0, 0.05) is 11.5 Å². The van der Waals surface area contributed by atoms with Crippen molar-refractivity contribution in [3.8, 4) is 5.75 Å². The van der Waals surface area contributed by atoms with Crippen molar-refractivity contribution in [1.29, 1.82) is 0 Å². The van der Waals surface area contributed by atoms with E-state index in [-0.39, 0.29) is 5.92 Å². The number of ether oxygens (including phenoxy) is 1. The van der Waals surface area contributed by atoms with E-state index in [0.29, 0.717) is 12.4 Å². The minimum atomic E-state index is -4.29. The third-order valence-corrected chi connectivity index (χ3v) is 2.36. The molecule has 0 radical (unpaired) electrons. The van der Waals surface area contributed by atoms with Crippen LogP contribution in [0.5, 0.6) is 5.75 Å². The lowest BCUT2D eigenvalue weighted by Gasteiger charge is -2.08. The van der Waals surface area contributed by atoms with Gasteiger partial charge in [-0.05, 0) is 12.1 Å². The van der Waals surface area contributed by atoms with Gasteiger partial charge in [-0.15, -0.1) is 0 Å². The third kappa shape index (κ3) is 1.45. The summed E-state index contributed by atoms with van der Waals surface area (Å²) in [4.78, 5) is 0. The van der Waals surface area contributed by atoms with E-state index in [1.54, 1.807) is 0 Å². The van der Waals surface area contributed by atoms with Crippen molar-refractivity contribution >= 4 is 0 Å². The molecule has 0 bridgehead atoms. The first-order chi connectivity index (χ1) is 6.48. The molecular weight excluding hydrogens is 193 g/mol. The molecule has 1 unspecified atom stereocenters. The van der Waals surface area contributed by atoms with Crippen molar-refractivity contribution in [2.24, 2.45) is 0 Å². The molecule has 0 amide bonds. The predicted octanol–water partition coefficient (Wildman–Crippen LogP) is 3.20. The quantitative estimate of drug-likeness (QED) is 0.627. The van der Waals surface area contributed by atoms with Crippen LogP contribution in [0, 0.1) is 0 Å². The average Bonchev–Trinajstić information content (AvgIpc) is 2.46. The smallest absolute Gasteiger partial charge is 0.416 e. The number of alkyl halides is 3. The Morgan fingerprint density at radius 1 is 1.36 bits per heavy atom. The number of benzene rings is 1. The van der Waals surface area contributed by atoms with E-state index >= 15 is 0 Å². The van der Waals surface area contributed by atoms with Crippen molar-refractivity contribution in [1.82, 2.24) is 0 Å². The highest BCUT2D eigenvalue weighted by atomic mass is 19.4. The number of fused-ring (bicyclic) bond motifs is 1. The Morgan fingerprint density at radius 3 is 2.71 bits per heavy atom. The second kappa shape index (κ2) is 2.90. The summed E-state index contributed by atoms with van der Waals surface area (Å²) >= 11 is 0. The summed E-state index contributed by atoms with van der Waals surface area (Å²) in [6.07, 6.45) is -4.29. The summed E-state index contributed by atoms with van der Waals surface area (Å²) in [5.41, 5.74) is 0.211. The van der Waals surface area contributed by atoms with E-state index in [0.717, 1.165) is 17.7 Å². The molecule has 0 fully saturated rings. The standard InChI is InChI=1S/C10H9F3O/c1-6-5-14-9-4-7(10(11,12)13)2-3-8(6)9/h2-4,6H,5H2,1H3. The Kier molecular flexibility index (Phi) is 1.94. The van der Waals surface area contributed by atoms with E-state index in [4.69, 9.17) is 4.74 Å². The molecule has 1 aliphatic rings. The molecule has 1 aromatic carbocycles. The molecule has 2 rings (SSSR count). The van der Waals surface area contributed by atoms with Gasteiger partial charge in [0.15, 0.2) is 0 Å². The molecule has 76 valence electrons. The number of hydrogen-bond acceptors (Lipinski definition) is 1. The Morgan fingerprint density at radius 2 is 2.07 bits per heavy atom. The topological polar surface area (TPSA) is 9.23 Å². The molecule has 1 nitrogen and oxygen atoms in total. The molecule has 0 aromatic heterocycles. The summed E-state index contributed by atoms with van der Waals surface area (Å²) in [5, 5.41) is 0. The molecule has 0 saturated carbocycles. The molecule has 1 aromatic rings. The summed E-state index contributed by atoms with van der Waals surface area (Å²) < 4.78 is 42.0. The normalized spacial score (nSPS) is 20.4. The van der Waals surface area contributed by atoms with Crippen LogP contribution in [0.3, 0.4) is 0 Å². The molecule has 0 spiro atoms. The summed E-state index contributed by atoms with van der Waals surface area (Å²) in [6, 6.07) is 3.67. The monoisotopic (exact) mass is 202 g/mol. The first-order valence-electron chi connectivity index (χ1n) is 4.32. The lowest BCUT2D eigenvalue weighted by Crippen LogP contribution is -2.04. The predicted molar refractivity (Wildman–Crippen MR) is 45.4 cm³/mol. The molecule has 1 aliphatic heterocycles. The van der Waals surface area contributed by atoms with Crippen LogP contribution in [-0.2, 0) is 6.18 Å². The Bertz CT molecular complexity index is 357. The second-order valence-electron chi connectivity index (χ2n) is 3.46. The molecule has 1 atom stereocenters. The van der Waals surface area contributed by atoms with Gasteiger partial charge in [-0.2, -0.15) is 13.2 Å². The Labute approximate surface area is 79.5 Å². The van der Waals surface area contributed by atoms with Crippen LogP contribution >= 0.6 is 0 Å². The van der Waals surface area contributed by atoms with Crippen molar-refractivity contribution < 1.29 is 17.9 Å². The zero-order valence-electron chi connectivity index (χ0n) is 7.56. The molecule has 1 heterocycles. The van der Waals surface area contributed by atoms with E-state index in [1.165, 1.54) is 6.07 Å². The number of halogens is 3. The van der Waals surface area contributed by atoms with Gasteiger partial charge in [0.1, 0.15) is 5.75 Å². The fraction of sp³-hybridized carbons (Fsp3) is 0.400. The Balaban J connectivity index is 2.42. The van der Waals surface area contributed by atoms with Gasteiger partial charge in [0.05, 0.1) is 12.2 Å². The molecule has 14 heavy (non-hydrogen) atoms. The minimum absolute atomic E-state index is 0.187. The van der Waals surface area contributed by atoms with Crippen molar-refractivity contribution in [3.05, 3.63) is 29.3 Å². The lowest BCUT2D eigenvalue weighted by molar-refractivity contribution is -0.137. The molecular formula is C10H9F3O. The maximum Gasteiger partial charge on any atom is 0.416 e. The highest BCUT2D eigenvalue weighted by molar-refractivity contribution is 5.43. The minimum Gasteiger partial charge on any atom is -0.493 e. The summed E-state index contributed by atoms with van der Waals surface area (Å²) in [6.45, 7) is 2.40. The zero-order chi connectivity index (χ0) is 10.3. The zero-order valence-corrected chi connectivity index (χ0v) is 7.56. The van der Waals surface area contributed by atoms with Gasteiger partial charge in [-0.3, -0.25) is 0 Å². The van der Waals surface area contributed by atoms with E-state index in [2.05, 4.69) is 0 Å². The van der Waals surface area contributed by atoms with E-state index < -0.39 is 11.7 Å². The van der Waals surface area contributed by atoms with Crippen LogP contribution in [0.1, 0.15) is 24.0 Å². The van der Waals surface area contributed by atoms with Crippen LogP contribution in [0.4, 0.5) is 13.2 Å². The van der Waals surface area contributed by atoms with Gasteiger partial charge in [-0.1, -0.05) is 13.0 Å². The van der Waals surface area contributed by atoms with Crippen molar-refractivity contribution in [2.75, 3.05) is 6.61 Å². The highest BCUT2D eigenvalue weighted by Crippen LogP contribution is 2.38. The van der Waals surface area contributed by atoms with Gasteiger partial charge < -0.3 is 4.74 Å². The highest BCUT2D eigenvalue weighted by Gasteiger charge is 2.32. The SMILES string of the molecule is CC1COc2cc(C(F)(F)F)ccc21. The molecule has 0 saturated heterocycles. The average molecular weight is 202 g/mol. The fourth-order valence-electron chi connectivity index (χ4n) is 1.55. The maximum atomic E-state index is 12.3.